The van der Waals surface area contributed by atoms with E-state index in [1.54, 1.807) is 12.1 Å². The first kappa shape index (κ1) is 12.9. The molecule has 0 aliphatic rings. The predicted molar refractivity (Wildman–Crippen MR) is 68.8 cm³/mol. The highest BCUT2D eigenvalue weighted by atomic mass is 35.5. The maximum absolute atomic E-state index is 8.88. The molecule has 1 atom stereocenters. The van der Waals surface area contributed by atoms with Crippen molar-refractivity contribution in [1.82, 2.24) is 0 Å². The van der Waals surface area contributed by atoms with Gasteiger partial charge in [0, 0.05) is 11.7 Å². The first-order valence-electron chi connectivity index (χ1n) is 5.67. The first-order chi connectivity index (χ1) is 7.71. The molecule has 1 N–H and O–H groups in total. The average Bonchev–Trinajstić information content (AvgIpc) is 2.30. The number of hydrogen-bond donors (Lipinski definition) is 1. The molecule has 0 spiro atoms. The van der Waals surface area contributed by atoms with Gasteiger partial charge in [0.1, 0.15) is 6.07 Å². The molecule has 16 heavy (non-hydrogen) atoms. The van der Waals surface area contributed by atoms with E-state index in [4.69, 9.17) is 16.9 Å². The second kappa shape index (κ2) is 6.40. The smallest absolute Gasteiger partial charge is 0.101 e. The third-order valence-corrected chi connectivity index (χ3v) is 2.92. The zero-order valence-electron chi connectivity index (χ0n) is 9.76. The standard InChI is InChI=1S/C13H17ClN2/c1-3-5-11(4-2)16-12-6-7-13(14)10(8-12)9-15/h6-8,11,16H,3-5H2,1-2H3. The summed E-state index contributed by atoms with van der Waals surface area (Å²) in [6.07, 6.45) is 3.38. The molecule has 0 saturated carbocycles. The van der Waals surface area contributed by atoms with Crippen LogP contribution in [0.3, 0.4) is 0 Å². The molecule has 0 aliphatic carbocycles. The van der Waals surface area contributed by atoms with Crippen LogP contribution in [0.4, 0.5) is 5.69 Å². The Morgan fingerprint density at radius 2 is 2.19 bits per heavy atom. The van der Waals surface area contributed by atoms with Gasteiger partial charge in [-0.05, 0) is 31.0 Å². The topological polar surface area (TPSA) is 35.8 Å². The van der Waals surface area contributed by atoms with E-state index in [1.807, 2.05) is 6.07 Å². The second-order valence-electron chi connectivity index (χ2n) is 3.84. The predicted octanol–water partition coefficient (Wildman–Crippen LogP) is 4.20. The third kappa shape index (κ3) is 3.43. The Hall–Kier alpha value is -1.20. The van der Waals surface area contributed by atoms with E-state index in [0.29, 0.717) is 16.6 Å². The maximum Gasteiger partial charge on any atom is 0.101 e. The molecule has 1 rings (SSSR count). The van der Waals surface area contributed by atoms with Gasteiger partial charge in [0.2, 0.25) is 0 Å². The summed E-state index contributed by atoms with van der Waals surface area (Å²) in [6, 6.07) is 8.05. The van der Waals surface area contributed by atoms with Gasteiger partial charge in [0.15, 0.2) is 0 Å². The van der Waals surface area contributed by atoms with Crippen molar-refractivity contribution in [1.29, 1.82) is 5.26 Å². The fraction of sp³-hybridized carbons (Fsp3) is 0.462. The minimum Gasteiger partial charge on any atom is -0.382 e. The fourth-order valence-corrected chi connectivity index (χ4v) is 1.82. The molecule has 1 unspecified atom stereocenters. The Morgan fingerprint density at radius 1 is 1.44 bits per heavy atom. The van der Waals surface area contributed by atoms with Crippen LogP contribution in [-0.4, -0.2) is 6.04 Å². The van der Waals surface area contributed by atoms with Crippen LogP contribution >= 0.6 is 11.6 Å². The monoisotopic (exact) mass is 236 g/mol. The quantitative estimate of drug-likeness (QED) is 0.832. The molecule has 86 valence electrons. The maximum atomic E-state index is 8.88. The van der Waals surface area contributed by atoms with Crippen LogP contribution in [0.2, 0.25) is 5.02 Å². The van der Waals surface area contributed by atoms with Crippen molar-refractivity contribution in [2.24, 2.45) is 0 Å². The summed E-state index contributed by atoms with van der Waals surface area (Å²) in [7, 11) is 0. The van der Waals surface area contributed by atoms with Crippen molar-refractivity contribution >= 4 is 17.3 Å². The molecule has 1 aromatic carbocycles. The van der Waals surface area contributed by atoms with Gasteiger partial charge < -0.3 is 5.32 Å². The Labute approximate surface area is 102 Å². The van der Waals surface area contributed by atoms with Crippen molar-refractivity contribution in [2.45, 2.75) is 39.2 Å². The summed E-state index contributed by atoms with van der Waals surface area (Å²) < 4.78 is 0. The molecule has 0 aliphatic heterocycles. The molecule has 0 heterocycles. The van der Waals surface area contributed by atoms with E-state index in [-0.39, 0.29) is 0 Å². The number of benzene rings is 1. The van der Waals surface area contributed by atoms with E-state index in [9.17, 15) is 0 Å². The number of nitriles is 1. The van der Waals surface area contributed by atoms with Gasteiger partial charge in [0.05, 0.1) is 10.6 Å². The number of nitrogens with one attached hydrogen (secondary N) is 1. The number of anilines is 1. The lowest BCUT2D eigenvalue weighted by Gasteiger charge is -2.17. The van der Waals surface area contributed by atoms with E-state index >= 15 is 0 Å². The molecular formula is C13H17ClN2. The molecule has 0 saturated heterocycles. The number of rotatable bonds is 5. The van der Waals surface area contributed by atoms with Crippen molar-refractivity contribution in [3.8, 4) is 6.07 Å². The summed E-state index contributed by atoms with van der Waals surface area (Å²) >= 11 is 5.88. The summed E-state index contributed by atoms with van der Waals surface area (Å²) in [4.78, 5) is 0. The number of nitrogens with zero attached hydrogens (tertiary/aromatic N) is 1. The average molecular weight is 237 g/mol. The molecule has 0 radical (unpaired) electrons. The number of hydrogen-bond acceptors (Lipinski definition) is 2. The van der Waals surface area contributed by atoms with Gasteiger partial charge in [-0.15, -0.1) is 0 Å². The molecule has 1 aromatic rings. The molecule has 0 fully saturated rings. The van der Waals surface area contributed by atoms with Crippen LogP contribution in [0.1, 0.15) is 38.7 Å². The number of halogens is 1. The minimum atomic E-state index is 0.470. The Bertz CT molecular complexity index is 382. The highest BCUT2D eigenvalue weighted by Gasteiger charge is 2.06. The lowest BCUT2D eigenvalue weighted by molar-refractivity contribution is 0.623. The molecule has 0 bridgehead atoms. The highest BCUT2D eigenvalue weighted by Crippen LogP contribution is 2.21. The minimum absolute atomic E-state index is 0.470. The molecule has 2 nitrogen and oxygen atoms in total. The normalized spacial score (nSPS) is 11.9. The largest absolute Gasteiger partial charge is 0.382 e. The van der Waals surface area contributed by atoms with Crippen molar-refractivity contribution < 1.29 is 0 Å². The van der Waals surface area contributed by atoms with Crippen molar-refractivity contribution in [2.75, 3.05) is 5.32 Å². The van der Waals surface area contributed by atoms with Crippen LogP contribution < -0.4 is 5.32 Å². The molecule has 3 heteroatoms. The van der Waals surface area contributed by atoms with Crippen LogP contribution in [0.5, 0.6) is 0 Å². The Kier molecular flexibility index (Phi) is 5.14. The Morgan fingerprint density at radius 3 is 2.75 bits per heavy atom. The summed E-state index contributed by atoms with van der Waals surface area (Å²) in [5.41, 5.74) is 1.50. The van der Waals surface area contributed by atoms with Gasteiger partial charge in [-0.3, -0.25) is 0 Å². The van der Waals surface area contributed by atoms with Gasteiger partial charge in [-0.1, -0.05) is 31.9 Å². The van der Waals surface area contributed by atoms with Crippen molar-refractivity contribution in [3.05, 3.63) is 28.8 Å². The van der Waals surface area contributed by atoms with E-state index in [2.05, 4.69) is 25.2 Å². The van der Waals surface area contributed by atoms with Gasteiger partial charge in [-0.2, -0.15) is 5.26 Å². The van der Waals surface area contributed by atoms with Crippen LogP contribution in [-0.2, 0) is 0 Å². The zero-order chi connectivity index (χ0) is 12.0. The zero-order valence-corrected chi connectivity index (χ0v) is 10.5. The Balaban J connectivity index is 2.77. The summed E-state index contributed by atoms with van der Waals surface area (Å²) in [5, 5.41) is 12.8. The van der Waals surface area contributed by atoms with E-state index in [1.165, 1.54) is 0 Å². The van der Waals surface area contributed by atoms with Crippen LogP contribution in [0, 0.1) is 11.3 Å². The molecular weight excluding hydrogens is 220 g/mol. The summed E-state index contributed by atoms with van der Waals surface area (Å²) in [6.45, 7) is 4.33. The van der Waals surface area contributed by atoms with Gasteiger partial charge >= 0.3 is 0 Å². The molecule has 0 aromatic heterocycles. The van der Waals surface area contributed by atoms with Crippen molar-refractivity contribution in [3.63, 3.8) is 0 Å². The fourth-order valence-electron chi connectivity index (χ4n) is 1.66. The lowest BCUT2D eigenvalue weighted by Crippen LogP contribution is -2.17. The summed E-state index contributed by atoms with van der Waals surface area (Å²) in [5.74, 6) is 0. The lowest BCUT2D eigenvalue weighted by atomic mass is 10.1. The van der Waals surface area contributed by atoms with Crippen LogP contribution in [0.25, 0.3) is 0 Å². The van der Waals surface area contributed by atoms with E-state index < -0.39 is 0 Å². The first-order valence-corrected chi connectivity index (χ1v) is 6.05. The third-order valence-electron chi connectivity index (χ3n) is 2.59. The highest BCUT2D eigenvalue weighted by molar-refractivity contribution is 6.31. The van der Waals surface area contributed by atoms with Gasteiger partial charge in [-0.25, -0.2) is 0 Å². The van der Waals surface area contributed by atoms with E-state index in [0.717, 1.165) is 24.9 Å². The molecule has 0 amide bonds. The van der Waals surface area contributed by atoms with Gasteiger partial charge in [0.25, 0.3) is 0 Å². The second-order valence-corrected chi connectivity index (χ2v) is 4.25. The van der Waals surface area contributed by atoms with Crippen LogP contribution in [0.15, 0.2) is 18.2 Å². The SMILES string of the molecule is CCCC(CC)Nc1ccc(Cl)c(C#N)c1.